The highest BCUT2D eigenvalue weighted by Crippen LogP contribution is 2.47. The third-order valence-electron chi connectivity index (χ3n) is 9.05. The summed E-state index contributed by atoms with van der Waals surface area (Å²) in [6.45, 7) is 20.5. The Balaban J connectivity index is 1.49. The summed E-state index contributed by atoms with van der Waals surface area (Å²) in [7, 11) is -4.15. The first-order valence-corrected chi connectivity index (χ1v) is 22.7. The monoisotopic (exact) mass is 763 g/mol. The van der Waals surface area contributed by atoms with Crippen LogP contribution in [0.1, 0.15) is 57.0 Å². The lowest BCUT2D eigenvalue weighted by atomic mass is 9.89. The summed E-state index contributed by atoms with van der Waals surface area (Å²) in [5, 5.41) is 12.3. The standard InChI is InChI=1S/C33H43F2N7O6S2Si/c1-32(2,3)48-31(43)42-21-13-20(14-22(42)18-47-17-21)24-15-23(16-25-26(39-40(5)27(24)25)29-37-38-30(49-29)28(34)35)50(44,45)41(33(36-4)9-10-33)19-46-11-12-51(6,7)8/h13,15-16,21-22,28H,9-12,14,17-19H2,1-3,5-8H3. The molecule has 2 fully saturated rings. The zero-order valence-corrected chi connectivity index (χ0v) is 32.4. The molecular weight excluding hydrogens is 721 g/mol. The van der Waals surface area contributed by atoms with E-state index in [4.69, 9.17) is 20.8 Å². The summed E-state index contributed by atoms with van der Waals surface area (Å²) in [5.41, 5.74) is 0.0913. The molecule has 2 atom stereocenters. The lowest BCUT2D eigenvalue weighted by molar-refractivity contribution is -0.0510. The fraction of sp³-hybridized carbons (Fsp3) is 0.606. The third-order valence-corrected chi connectivity index (χ3v) is 13.6. The molecule has 18 heteroatoms. The van der Waals surface area contributed by atoms with Crippen molar-refractivity contribution in [2.45, 2.75) is 100 Å². The van der Waals surface area contributed by atoms with E-state index < -0.39 is 59.0 Å². The molecule has 0 spiro atoms. The molecule has 2 bridgehead atoms. The molecule has 2 unspecified atom stereocenters. The number of ether oxygens (including phenoxy) is 3. The lowest BCUT2D eigenvalue weighted by Gasteiger charge is -2.44. The predicted molar refractivity (Wildman–Crippen MR) is 190 cm³/mol. The highest BCUT2D eigenvalue weighted by Gasteiger charge is 2.61. The van der Waals surface area contributed by atoms with Crippen LogP contribution in [-0.2, 0) is 31.3 Å². The number of hydrogen-bond acceptors (Lipinski definition) is 10. The number of sulfonamides is 1. The Hall–Kier alpha value is -3.34. The fourth-order valence-electron chi connectivity index (χ4n) is 6.35. The number of carbonyl (C=O) groups is 1. The van der Waals surface area contributed by atoms with Crippen molar-refractivity contribution < 1.29 is 36.2 Å². The van der Waals surface area contributed by atoms with Gasteiger partial charge in [-0.1, -0.05) is 41.4 Å². The summed E-state index contributed by atoms with van der Waals surface area (Å²) in [5.74, 6) is 0. The summed E-state index contributed by atoms with van der Waals surface area (Å²) in [6, 6.07) is 2.98. The normalized spacial score (nSPS) is 20.5. The molecule has 1 saturated carbocycles. The quantitative estimate of drug-likeness (QED) is 0.0925. The number of amides is 1. The minimum atomic E-state index is -4.36. The molecular formula is C33H43F2N7O6S2Si. The zero-order chi connectivity index (χ0) is 37.1. The van der Waals surface area contributed by atoms with Crippen molar-refractivity contribution in [3.8, 4) is 10.7 Å². The number of fused-ring (bicyclic) bond motifs is 3. The van der Waals surface area contributed by atoms with Gasteiger partial charge in [0.25, 0.3) is 16.4 Å². The van der Waals surface area contributed by atoms with E-state index in [2.05, 4.69) is 39.8 Å². The Morgan fingerprint density at radius 1 is 1.24 bits per heavy atom. The highest BCUT2D eigenvalue weighted by atomic mass is 32.2. The van der Waals surface area contributed by atoms with E-state index in [1.54, 1.807) is 43.5 Å². The summed E-state index contributed by atoms with van der Waals surface area (Å²) < 4.78 is 76.8. The second-order valence-electron chi connectivity index (χ2n) is 15.4. The number of carbonyl (C=O) groups excluding carboxylic acids is 1. The average molecular weight is 764 g/mol. The summed E-state index contributed by atoms with van der Waals surface area (Å²) in [4.78, 5) is 18.6. The van der Waals surface area contributed by atoms with Crippen molar-refractivity contribution in [1.82, 2.24) is 29.2 Å². The second-order valence-corrected chi connectivity index (χ2v) is 23.9. The third kappa shape index (κ3) is 7.60. The van der Waals surface area contributed by atoms with Crippen LogP contribution in [0.25, 0.3) is 32.0 Å². The lowest BCUT2D eigenvalue weighted by Crippen LogP contribution is -2.57. The van der Waals surface area contributed by atoms with Crippen molar-refractivity contribution in [3.05, 3.63) is 40.2 Å². The number of nitrogens with zero attached hydrogens (tertiary/aromatic N) is 7. The van der Waals surface area contributed by atoms with Gasteiger partial charge in [-0.2, -0.15) is 5.10 Å². The van der Waals surface area contributed by atoms with Crippen LogP contribution in [-0.4, -0.2) is 102 Å². The first-order chi connectivity index (χ1) is 23.8. The summed E-state index contributed by atoms with van der Waals surface area (Å²) >= 11 is 0.684. The van der Waals surface area contributed by atoms with E-state index in [1.807, 2.05) is 6.08 Å². The van der Waals surface area contributed by atoms with E-state index in [1.165, 1.54) is 6.07 Å². The van der Waals surface area contributed by atoms with E-state index in [0.29, 0.717) is 53.7 Å². The van der Waals surface area contributed by atoms with Crippen LogP contribution in [0.2, 0.25) is 25.7 Å². The Labute approximate surface area is 301 Å². The topological polar surface area (TPSA) is 133 Å². The van der Waals surface area contributed by atoms with E-state index >= 15 is 0 Å². The highest BCUT2D eigenvalue weighted by molar-refractivity contribution is 7.89. The Kier molecular flexibility index (Phi) is 9.96. The van der Waals surface area contributed by atoms with Crippen molar-refractivity contribution in [2.75, 3.05) is 26.6 Å². The molecule has 1 aromatic carbocycles. The maximum Gasteiger partial charge on any atom is 0.411 e. The number of halogens is 2. The molecule has 13 nitrogen and oxygen atoms in total. The Bertz CT molecular complexity index is 2010. The van der Waals surface area contributed by atoms with Gasteiger partial charge in [-0.05, 0) is 50.9 Å². The van der Waals surface area contributed by atoms with Gasteiger partial charge in [-0.3, -0.25) is 14.4 Å². The van der Waals surface area contributed by atoms with Crippen LogP contribution in [0.3, 0.4) is 0 Å². The number of rotatable bonds is 11. The van der Waals surface area contributed by atoms with Crippen molar-refractivity contribution >= 4 is 52.0 Å². The molecule has 1 saturated heterocycles. The molecule has 3 aromatic rings. The molecule has 4 heterocycles. The largest absolute Gasteiger partial charge is 0.444 e. The first-order valence-electron chi connectivity index (χ1n) is 16.8. The van der Waals surface area contributed by atoms with Crippen LogP contribution >= 0.6 is 11.3 Å². The maximum atomic E-state index is 14.7. The van der Waals surface area contributed by atoms with Crippen LogP contribution in [0.15, 0.2) is 23.1 Å². The summed E-state index contributed by atoms with van der Waals surface area (Å²) in [6.07, 6.45) is -0.357. The fourth-order valence-corrected chi connectivity index (χ4v) is 9.48. The van der Waals surface area contributed by atoms with Gasteiger partial charge in [-0.25, -0.2) is 28.6 Å². The average Bonchev–Trinajstić information content (AvgIpc) is 3.51. The minimum absolute atomic E-state index is 0.0987. The van der Waals surface area contributed by atoms with Gasteiger partial charge in [0, 0.05) is 32.7 Å². The maximum absolute atomic E-state index is 14.7. The van der Waals surface area contributed by atoms with Gasteiger partial charge in [0.05, 0.1) is 48.6 Å². The molecule has 2 aromatic heterocycles. The Morgan fingerprint density at radius 3 is 2.55 bits per heavy atom. The van der Waals surface area contributed by atoms with Crippen LogP contribution in [0, 0.1) is 6.57 Å². The molecule has 51 heavy (non-hydrogen) atoms. The van der Waals surface area contributed by atoms with Crippen molar-refractivity contribution in [1.29, 1.82) is 0 Å². The number of aromatic nitrogens is 4. The van der Waals surface area contributed by atoms with Gasteiger partial charge in [-0.15, -0.1) is 10.2 Å². The first kappa shape index (κ1) is 37.4. The second kappa shape index (κ2) is 13.6. The number of alkyl halides is 2. The van der Waals surface area contributed by atoms with Gasteiger partial charge in [0.15, 0.2) is 10.0 Å². The molecule has 1 amide bonds. The molecule has 0 radical (unpaired) electrons. The predicted octanol–water partition coefficient (Wildman–Crippen LogP) is 6.53. The van der Waals surface area contributed by atoms with Gasteiger partial charge < -0.3 is 14.2 Å². The molecule has 2 aliphatic heterocycles. The number of morpholine rings is 1. The van der Waals surface area contributed by atoms with E-state index in [9.17, 15) is 22.0 Å². The minimum Gasteiger partial charge on any atom is -0.444 e. The molecule has 3 aliphatic rings. The van der Waals surface area contributed by atoms with E-state index in [0.717, 1.165) is 15.9 Å². The van der Waals surface area contributed by atoms with Gasteiger partial charge >= 0.3 is 11.8 Å². The van der Waals surface area contributed by atoms with Gasteiger partial charge in [0.2, 0.25) is 0 Å². The van der Waals surface area contributed by atoms with Crippen LogP contribution in [0.4, 0.5) is 13.6 Å². The van der Waals surface area contributed by atoms with Crippen molar-refractivity contribution in [3.63, 3.8) is 0 Å². The zero-order valence-electron chi connectivity index (χ0n) is 29.8. The molecule has 1 aliphatic carbocycles. The van der Waals surface area contributed by atoms with Crippen molar-refractivity contribution in [2.24, 2.45) is 7.05 Å². The van der Waals surface area contributed by atoms with Gasteiger partial charge in [0.1, 0.15) is 18.0 Å². The SMILES string of the molecule is [C-]#[N+]C1(N(COCC[Si](C)(C)C)S(=O)(=O)c2cc(C3=CC4COCC(C3)N4C(=O)OC(C)(C)C)c3c(c2)c(-c2nnc(C(F)F)s2)nn3C)CC1. The van der Waals surface area contributed by atoms with Crippen LogP contribution in [0.5, 0.6) is 0 Å². The molecule has 0 N–H and O–H groups in total. The number of hydrogen-bond donors (Lipinski definition) is 0. The smallest absolute Gasteiger partial charge is 0.411 e. The Morgan fingerprint density at radius 2 is 1.96 bits per heavy atom. The van der Waals surface area contributed by atoms with Crippen LogP contribution < -0.4 is 0 Å². The number of benzene rings is 1. The molecule has 276 valence electrons. The molecule has 6 rings (SSSR count). The van der Waals surface area contributed by atoms with E-state index in [-0.39, 0.29) is 35.5 Å². The number of aryl methyl sites for hydroxylation is 1.